The molecule has 2 aliphatic rings. The fourth-order valence-corrected chi connectivity index (χ4v) is 7.04. The largest absolute Gasteiger partial charge is 0.364 e. The van der Waals surface area contributed by atoms with Crippen LogP contribution in [0, 0.1) is 0 Å². The van der Waals surface area contributed by atoms with Crippen molar-refractivity contribution in [2.75, 3.05) is 44.6 Å². The molecule has 3 aromatic heterocycles. The Hall–Kier alpha value is -5.14. The van der Waals surface area contributed by atoms with Crippen LogP contribution in [0.2, 0.25) is 0 Å². The van der Waals surface area contributed by atoms with Gasteiger partial charge in [-0.2, -0.15) is 5.10 Å². The Bertz CT molecular complexity index is 1980. The van der Waals surface area contributed by atoms with Crippen LogP contribution in [-0.2, 0) is 14.3 Å². The van der Waals surface area contributed by atoms with Crippen molar-refractivity contribution in [3.63, 3.8) is 0 Å². The number of halogens is 2. The number of nitrogens with one attached hydrogen (secondary N) is 2. The molecule has 264 valence electrons. The predicted molar refractivity (Wildman–Crippen MR) is 189 cm³/mol. The molecule has 0 bridgehead atoms. The molecule has 13 heteroatoms. The molecule has 0 spiro atoms. The summed E-state index contributed by atoms with van der Waals surface area (Å²) in [7, 11) is 0. The summed E-state index contributed by atoms with van der Waals surface area (Å²) in [6, 6.07) is 18.4. The number of likely N-dealkylation sites (tertiary alicyclic amines) is 2. The predicted octanol–water partition coefficient (Wildman–Crippen LogP) is 6.24. The van der Waals surface area contributed by atoms with Gasteiger partial charge in [0.2, 0.25) is 5.91 Å². The summed E-state index contributed by atoms with van der Waals surface area (Å²) in [6.45, 7) is 4.83. The van der Waals surface area contributed by atoms with Gasteiger partial charge in [-0.3, -0.25) is 24.6 Å². The molecule has 2 aromatic carbocycles. The number of fused-ring (bicyclic) bond motifs is 1. The smallest absolute Gasteiger partial charge is 0.280 e. The maximum atomic E-state index is 13.9. The fourth-order valence-electron chi connectivity index (χ4n) is 7.04. The lowest BCUT2D eigenvalue weighted by atomic mass is 9.89. The molecule has 0 radical (unpaired) electrons. The van der Waals surface area contributed by atoms with Gasteiger partial charge in [0.15, 0.2) is 11.4 Å². The number of nitrogens with zero attached hydrogens (tertiary/aromatic N) is 6. The van der Waals surface area contributed by atoms with Crippen molar-refractivity contribution in [2.24, 2.45) is 0 Å². The number of rotatable bonds is 11. The first-order valence-electron chi connectivity index (χ1n) is 17.4. The van der Waals surface area contributed by atoms with Crippen LogP contribution >= 0.6 is 0 Å². The number of ether oxygens (including phenoxy) is 1. The quantitative estimate of drug-likeness (QED) is 0.166. The number of benzene rings is 2. The van der Waals surface area contributed by atoms with E-state index in [0.717, 1.165) is 24.8 Å². The zero-order valence-corrected chi connectivity index (χ0v) is 28.4. The Kier molecular flexibility index (Phi) is 10.1. The SMILES string of the molecule is CCCO[C@@]1(C(=O)Nc2ccc3[nH]nc(-c4ccnc(C(F)F)c4)c3c2)CCN(CC(=O)N2CCC(c3ccc(-c4ncccn4)cc3)CC2)C1. The van der Waals surface area contributed by atoms with Crippen molar-refractivity contribution in [2.45, 2.75) is 50.6 Å². The van der Waals surface area contributed by atoms with E-state index >= 15 is 0 Å². The highest BCUT2D eigenvalue weighted by atomic mass is 19.3. The third kappa shape index (κ3) is 7.49. The highest BCUT2D eigenvalue weighted by molar-refractivity contribution is 6.01. The lowest BCUT2D eigenvalue weighted by molar-refractivity contribution is -0.141. The second-order valence-corrected chi connectivity index (χ2v) is 13.2. The first kappa shape index (κ1) is 34.3. The molecule has 5 aromatic rings. The third-order valence-corrected chi connectivity index (χ3v) is 9.82. The molecule has 5 heterocycles. The van der Waals surface area contributed by atoms with Gasteiger partial charge in [-0.15, -0.1) is 0 Å². The van der Waals surface area contributed by atoms with Gasteiger partial charge in [-0.05, 0) is 73.6 Å². The second-order valence-electron chi connectivity index (χ2n) is 13.2. The fraction of sp³-hybridized carbons (Fsp3) is 0.368. The number of aromatic nitrogens is 5. The number of H-pyrrole nitrogens is 1. The number of carbonyl (C=O) groups is 2. The Balaban J connectivity index is 0.971. The lowest BCUT2D eigenvalue weighted by Crippen LogP contribution is -2.49. The van der Waals surface area contributed by atoms with E-state index in [-0.39, 0.29) is 24.1 Å². The number of carbonyl (C=O) groups excluding carboxylic acids is 2. The van der Waals surface area contributed by atoms with E-state index in [0.29, 0.717) is 78.8 Å². The minimum Gasteiger partial charge on any atom is -0.364 e. The minimum absolute atomic E-state index is 0.0563. The van der Waals surface area contributed by atoms with Gasteiger partial charge >= 0.3 is 0 Å². The summed E-state index contributed by atoms with van der Waals surface area (Å²) in [5, 5.41) is 11.0. The molecular weight excluding hydrogens is 654 g/mol. The van der Waals surface area contributed by atoms with Gasteiger partial charge in [-0.1, -0.05) is 31.2 Å². The molecule has 1 atom stereocenters. The highest BCUT2D eigenvalue weighted by Crippen LogP contribution is 2.33. The van der Waals surface area contributed by atoms with Gasteiger partial charge in [0.05, 0.1) is 12.1 Å². The van der Waals surface area contributed by atoms with E-state index in [2.05, 4.69) is 54.7 Å². The molecule has 2 saturated heterocycles. The van der Waals surface area contributed by atoms with Crippen LogP contribution in [0.4, 0.5) is 14.5 Å². The number of anilines is 1. The van der Waals surface area contributed by atoms with Crippen molar-refractivity contribution < 1.29 is 23.1 Å². The summed E-state index contributed by atoms with van der Waals surface area (Å²) in [6.07, 6.45) is 5.06. The summed E-state index contributed by atoms with van der Waals surface area (Å²) < 4.78 is 32.9. The van der Waals surface area contributed by atoms with Crippen molar-refractivity contribution in [3.8, 4) is 22.6 Å². The van der Waals surface area contributed by atoms with E-state index in [1.165, 1.54) is 17.8 Å². The van der Waals surface area contributed by atoms with E-state index in [1.807, 2.05) is 16.7 Å². The maximum absolute atomic E-state index is 13.9. The van der Waals surface area contributed by atoms with Gasteiger partial charge in [0.1, 0.15) is 11.4 Å². The molecule has 51 heavy (non-hydrogen) atoms. The van der Waals surface area contributed by atoms with Crippen molar-refractivity contribution in [3.05, 3.63) is 90.5 Å². The molecule has 0 aliphatic carbocycles. The van der Waals surface area contributed by atoms with E-state index in [1.54, 1.807) is 42.7 Å². The lowest BCUT2D eigenvalue weighted by Gasteiger charge is -2.33. The number of piperidine rings is 1. The highest BCUT2D eigenvalue weighted by Gasteiger charge is 2.46. The average Bonchev–Trinajstić information content (AvgIpc) is 3.79. The van der Waals surface area contributed by atoms with Crippen LogP contribution in [0.25, 0.3) is 33.5 Å². The molecule has 2 fully saturated rings. The molecule has 2 N–H and O–H groups in total. The Labute approximate surface area is 294 Å². The van der Waals surface area contributed by atoms with Crippen molar-refractivity contribution in [1.29, 1.82) is 0 Å². The number of hydrogen-bond donors (Lipinski definition) is 2. The molecule has 0 saturated carbocycles. The van der Waals surface area contributed by atoms with E-state index < -0.39 is 12.0 Å². The zero-order valence-electron chi connectivity index (χ0n) is 28.4. The monoisotopic (exact) mass is 694 g/mol. The summed E-state index contributed by atoms with van der Waals surface area (Å²) in [5.41, 5.74) is 2.97. The average molecular weight is 695 g/mol. The summed E-state index contributed by atoms with van der Waals surface area (Å²) in [4.78, 5) is 43.7. The van der Waals surface area contributed by atoms with Crippen LogP contribution in [0.5, 0.6) is 0 Å². The molecule has 2 amide bonds. The molecule has 0 unspecified atom stereocenters. The minimum atomic E-state index is -2.70. The van der Waals surface area contributed by atoms with Crippen LogP contribution in [0.1, 0.15) is 56.2 Å². The van der Waals surface area contributed by atoms with Gasteiger partial charge in [0, 0.05) is 73.6 Å². The van der Waals surface area contributed by atoms with Crippen LogP contribution in [0.15, 0.2) is 79.3 Å². The Morgan fingerprint density at radius 3 is 2.51 bits per heavy atom. The number of alkyl halides is 2. The van der Waals surface area contributed by atoms with Crippen molar-refractivity contribution >= 4 is 28.4 Å². The second kappa shape index (κ2) is 15.0. The Morgan fingerprint density at radius 2 is 1.76 bits per heavy atom. The first-order chi connectivity index (χ1) is 24.8. The molecule has 2 aliphatic heterocycles. The number of amides is 2. The van der Waals surface area contributed by atoms with E-state index in [9.17, 15) is 18.4 Å². The number of hydrogen-bond acceptors (Lipinski definition) is 8. The molecule has 11 nitrogen and oxygen atoms in total. The van der Waals surface area contributed by atoms with Crippen LogP contribution < -0.4 is 5.32 Å². The normalized spacial score (nSPS) is 18.5. The molecule has 7 rings (SSSR count). The number of pyridine rings is 1. The van der Waals surface area contributed by atoms with E-state index in [4.69, 9.17) is 4.74 Å². The zero-order chi connectivity index (χ0) is 35.4. The topological polar surface area (TPSA) is 129 Å². The van der Waals surface area contributed by atoms with Crippen molar-refractivity contribution in [1.82, 2.24) is 34.9 Å². The Morgan fingerprint density at radius 1 is 0.980 bits per heavy atom. The van der Waals surface area contributed by atoms with Gasteiger partial charge in [0.25, 0.3) is 12.3 Å². The molecular formula is C38H40F2N8O3. The van der Waals surface area contributed by atoms with Gasteiger partial charge in [-0.25, -0.2) is 18.7 Å². The van der Waals surface area contributed by atoms with Gasteiger partial charge < -0.3 is 15.0 Å². The van der Waals surface area contributed by atoms with Crippen LogP contribution in [-0.4, -0.2) is 91.7 Å². The number of aromatic amines is 1. The standard InChI is InChI=1S/C38H40F2N8O3/c1-2-20-51-38(37(50)44-29-8-9-31-30(22-29)34(46-45-31)28-10-16-41-32(21-28)35(39)40)13-19-47(24-38)23-33(49)48-17-11-26(12-18-48)25-4-6-27(7-5-25)36-42-14-3-15-43-36/h3-10,14-16,21-22,26,35H,2,11-13,17-20,23-24H2,1H3,(H,44,50)(H,45,46)/t38-/m0/s1. The third-order valence-electron chi connectivity index (χ3n) is 9.82. The summed E-state index contributed by atoms with van der Waals surface area (Å²) in [5.74, 6) is 0.849. The first-order valence-corrected chi connectivity index (χ1v) is 17.4. The van der Waals surface area contributed by atoms with Crippen LogP contribution in [0.3, 0.4) is 0 Å². The summed E-state index contributed by atoms with van der Waals surface area (Å²) >= 11 is 0. The maximum Gasteiger partial charge on any atom is 0.280 e.